The van der Waals surface area contributed by atoms with E-state index in [1.165, 1.54) is 4.90 Å². The standard InChI is InChI=1S/C39H42BrN3O5/c1-5-19-41(23-27-13-9-7-10-14-27)36(45)32-33-37(46)43(31(24-44)28-15-11-8-12-16-28)35(39(33)22-29(40)34(32)48-39)38(47)42(20-6-2)30-21-25(3)17-18-26(30)4/h5-18,21,29,31-35,44H,1-2,19-20,22-24H2,3-4H3/t29?,31-,32+,33+,34+,35?,39?/m1/s1. The molecule has 6 rings (SSSR count). The summed E-state index contributed by atoms with van der Waals surface area (Å²) in [6.07, 6.45) is 3.08. The van der Waals surface area contributed by atoms with E-state index in [0.29, 0.717) is 24.2 Å². The summed E-state index contributed by atoms with van der Waals surface area (Å²) in [6.45, 7) is 12.2. The highest BCUT2D eigenvalue weighted by Crippen LogP contribution is 2.61. The van der Waals surface area contributed by atoms with Crippen molar-refractivity contribution in [2.45, 2.75) is 55.4 Å². The number of carbonyl (C=O) groups excluding carboxylic acids is 3. The Morgan fingerprint density at radius 3 is 2.33 bits per heavy atom. The first-order chi connectivity index (χ1) is 23.2. The number of carbonyl (C=O) groups is 3. The van der Waals surface area contributed by atoms with Gasteiger partial charge in [0, 0.05) is 30.1 Å². The molecule has 3 aromatic carbocycles. The predicted molar refractivity (Wildman–Crippen MR) is 189 cm³/mol. The molecule has 3 unspecified atom stereocenters. The van der Waals surface area contributed by atoms with E-state index < -0.39 is 42.2 Å². The molecule has 250 valence electrons. The number of likely N-dealkylation sites (tertiary alicyclic amines) is 1. The summed E-state index contributed by atoms with van der Waals surface area (Å²) in [5.74, 6) is -2.70. The number of aryl methyl sites for hydroxylation is 2. The van der Waals surface area contributed by atoms with Crippen molar-refractivity contribution >= 4 is 39.3 Å². The van der Waals surface area contributed by atoms with Gasteiger partial charge in [0.2, 0.25) is 11.8 Å². The average Bonchev–Trinajstić information content (AvgIpc) is 3.69. The van der Waals surface area contributed by atoms with Crippen LogP contribution in [0.3, 0.4) is 0 Å². The zero-order valence-corrected chi connectivity index (χ0v) is 29.0. The highest BCUT2D eigenvalue weighted by atomic mass is 79.9. The Labute approximate surface area is 290 Å². The lowest BCUT2D eigenvalue weighted by molar-refractivity contribution is -0.147. The van der Waals surface area contributed by atoms with Crippen LogP contribution in [0.5, 0.6) is 0 Å². The zero-order chi connectivity index (χ0) is 34.2. The molecule has 1 N–H and O–H groups in total. The van der Waals surface area contributed by atoms with Crippen molar-refractivity contribution in [1.82, 2.24) is 9.80 Å². The molecule has 3 aromatic rings. The van der Waals surface area contributed by atoms with Crippen molar-refractivity contribution in [3.05, 3.63) is 126 Å². The fraction of sp³-hybridized carbons (Fsp3) is 0.359. The molecular formula is C39H42BrN3O5. The number of aliphatic hydroxyl groups is 1. The third-order valence-electron chi connectivity index (χ3n) is 10.0. The smallest absolute Gasteiger partial charge is 0.253 e. The zero-order valence-electron chi connectivity index (χ0n) is 27.4. The second-order valence-electron chi connectivity index (χ2n) is 13.0. The van der Waals surface area contributed by atoms with E-state index >= 15 is 4.79 Å². The van der Waals surface area contributed by atoms with E-state index in [1.54, 1.807) is 22.0 Å². The molecule has 3 aliphatic heterocycles. The monoisotopic (exact) mass is 711 g/mol. The maximum atomic E-state index is 15.2. The van der Waals surface area contributed by atoms with Gasteiger partial charge < -0.3 is 24.5 Å². The number of rotatable bonds is 12. The molecule has 3 aliphatic rings. The third kappa shape index (κ3) is 5.71. The summed E-state index contributed by atoms with van der Waals surface area (Å²) in [5, 5.41) is 10.9. The van der Waals surface area contributed by atoms with Crippen molar-refractivity contribution < 1.29 is 24.2 Å². The van der Waals surface area contributed by atoms with Gasteiger partial charge in [0.25, 0.3) is 5.91 Å². The van der Waals surface area contributed by atoms with Gasteiger partial charge in [0.15, 0.2) is 0 Å². The van der Waals surface area contributed by atoms with Gasteiger partial charge >= 0.3 is 0 Å². The molecule has 3 heterocycles. The normalized spacial score (nSPS) is 26.2. The molecule has 3 amide bonds. The second-order valence-corrected chi connectivity index (χ2v) is 14.2. The van der Waals surface area contributed by atoms with Gasteiger partial charge in [0.05, 0.1) is 30.6 Å². The molecule has 9 heteroatoms. The number of aliphatic hydroxyl groups excluding tert-OH is 1. The topological polar surface area (TPSA) is 90.4 Å². The number of anilines is 1. The lowest BCUT2D eigenvalue weighted by Crippen LogP contribution is -2.58. The number of ether oxygens (including phenoxy) is 1. The van der Waals surface area contributed by atoms with Gasteiger partial charge in [-0.2, -0.15) is 0 Å². The predicted octanol–water partition coefficient (Wildman–Crippen LogP) is 5.52. The summed E-state index contributed by atoms with van der Waals surface area (Å²) < 4.78 is 6.85. The van der Waals surface area contributed by atoms with Gasteiger partial charge in [-0.3, -0.25) is 14.4 Å². The molecule has 8 nitrogen and oxygen atoms in total. The molecule has 0 aliphatic carbocycles. The Hall–Kier alpha value is -4.05. The number of alkyl halides is 1. The highest BCUT2D eigenvalue weighted by molar-refractivity contribution is 9.09. The minimum absolute atomic E-state index is 0.200. The largest absolute Gasteiger partial charge is 0.394 e. The second kappa shape index (κ2) is 13.8. The number of hydrogen-bond donors (Lipinski definition) is 1. The number of amides is 3. The van der Waals surface area contributed by atoms with Crippen molar-refractivity contribution in [2.24, 2.45) is 11.8 Å². The maximum Gasteiger partial charge on any atom is 0.253 e. The number of benzene rings is 3. The van der Waals surface area contributed by atoms with E-state index in [1.807, 2.05) is 92.7 Å². The summed E-state index contributed by atoms with van der Waals surface area (Å²) >= 11 is 3.80. The van der Waals surface area contributed by atoms with E-state index in [2.05, 4.69) is 29.1 Å². The summed E-state index contributed by atoms with van der Waals surface area (Å²) in [6, 6.07) is 22.9. The molecule has 1 spiro atoms. The first-order valence-electron chi connectivity index (χ1n) is 16.4. The Balaban J connectivity index is 1.48. The molecular weight excluding hydrogens is 670 g/mol. The molecule has 48 heavy (non-hydrogen) atoms. The first kappa shape index (κ1) is 33.8. The number of halogens is 1. The van der Waals surface area contributed by atoms with Crippen LogP contribution in [0.1, 0.15) is 34.7 Å². The van der Waals surface area contributed by atoms with Crippen LogP contribution >= 0.6 is 15.9 Å². The summed E-state index contributed by atoms with van der Waals surface area (Å²) in [7, 11) is 0. The van der Waals surface area contributed by atoms with Crippen molar-refractivity contribution in [1.29, 1.82) is 0 Å². The minimum Gasteiger partial charge on any atom is -0.394 e. The molecule has 0 aromatic heterocycles. The van der Waals surface area contributed by atoms with Crippen LogP contribution in [0.4, 0.5) is 5.69 Å². The van der Waals surface area contributed by atoms with Gasteiger partial charge in [-0.1, -0.05) is 101 Å². The Morgan fingerprint density at radius 1 is 1.02 bits per heavy atom. The quantitative estimate of drug-likeness (QED) is 0.198. The van der Waals surface area contributed by atoms with E-state index in [4.69, 9.17) is 4.74 Å². The van der Waals surface area contributed by atoms with Crippen LogP contribution in [-0.4, -0.2) is 74.9 Å². The van der Waals surface area contributed by atoms with E-state index in [0.717, 1.165) is 16.7 Å². The first-order valence-corrected chi connectivity index (χ1v) is 17.3. The Kier molecular flexibility index (Phi) is 9.74. The molecule has 0 radical (unpaired) electrons. The molecule has 2 bridgehead atoms. The van der Waals surface area contributed by atoms with Gasteiger partial charge in [-0.25, -0.2) is 0 Å². The van der Waals surface area contributed by atoms with Gasteiger partial charge in [0.1, 0.15) is 11.6 Å². The average molecular weight is 713 g/mol. The van der Waals surface area contributed by atoms with Crippen LogP contribution in [0.25, 0.3) is 0 Å². The van der Waals surface area contributed by atoms with Crippen molar-refractivity contribution in [3.63, 3.8) is 0 Å². The maximum absolute atomic E-state index is 15.2. The summed E-state index contributed by atoms with van der Waals surface area (Å²) in [4.78, 5) is 49.4. The Morgan fingerprint density at radius 2 is 1.69 bits per heavy atom. The van der Waals surface area contributed by atoms with Gasteiger partial charge in [-0.15, -0.1) is 13.2 Å². The van der Waals surface area contributed by atoms with Gasteiger partial charge in [-0.05, 0) is 48.6 Å². The Bertz CT molecular complexity index is 1700. The number of nitrogens with zero attached hydrogens (tertiary/aromatic N) is 3. The lowest BCUT2D eigenvalue weighted by atomic mass is 9.70. The van der Waals surface area contributed by atoms with Crippen LogP contribution in [0.2, 0.25) is 0 Å². The summed E-state index contributed by atoms with van der Waals surface area (Å²) in [5.41, 5.74) is 2.92. The fourth-order valence-electron chi connectivity index (χ4n) is 7.99. The minimum atomic E-state index is -1.31. The van der Waals surface area contributed by atoms with Crippen molar-refractivity contribution in [2.75, 3.05) is 24.6 Å². The molecule has 0 saturated carbocycles. The number of fused-ring (bicyclic) bond motifs is 1. The molecule has 3 saturated heterocycles. The SMILES string of the molecule is C=CCN(Cc1ccccc1)C(=O)[C@H]1[C@H]2C(=O)N([C@H](CO)c3ccccc3)C(C(=O)N(CC=C)c3cc(C)ccc3C)C23CC(Br)[C@@H]1O3. The molecule has 3 fully saturated rings. The lowest BCUT2D eigenvalue weighted by Gasteiger charge is -2.40. The van der Waals surface area contributed by atoms with Crippen LogP contribution in [0, 0.1) is 25.7 Å². The van der Waals surface area contributed by atoms with E-state index in [9.17, 15) is 14.7 Å². The fourth-order valence-corrected chi connectivity index (χ4v) is 8.93. The van der Waals surface area contributed by atoms with Crippen molar-refractivity contribution in [3.8, 4) is 0 Å². The number of hydrogen-bond acceptors (Lipinski definition) is 5. The van der Waals surface area contributed by atoms with Crippen LogP contribution in [-0.2, 0) is 25.7 Å². The van der Waals surface area contributed by atoms with Crippen LogP contribution < -0.4 is 4.90 Å². The highest BCUT2D eigenvalue weighted by Gasteiger charge is 2.77. The van der Waals surface area contributed by atoms with Crippen LogP contribution in [0.15, 0.2) is 104 Å². The molecule has 7 atom stereocenters. The third-order valence-corrected chi connectivity index (χ3v) is 10.9. The van der Waals surface area contributed by atoms with E-state index in [-0.39, 0.29) is 35.6 Å².